The monoisotopic (exact) mass is 390 g/mol. The fourth-order valence-electron chi connectivity index (χ4n) is 4.83. The van der Waals surface area contributed by atoms with Crippen LogP contribution in [0.2, 0.25) is 0 Å². The summed E-state index contributed by atoms with van der Waals surface area (Å²) < 4.78 is 5.73. The number of piperidine rings is 3. The molecule has 2 aromatic carbocycles. The van der Waals surface area contributed by atoms with Gasteiger partial charge in [-0.05, 0) is 56.1 Å². The largest absolute Gasteiger partial charge is 0.337 e. The first-order valence-electron chi connectivity index (χ1n) is 10.0. The molecule has 5 heterocycles. The smallest absolute Gasteiger partial charge is 0.246 e. The number of fused-ring (bicyclic) bond motifs is 5. The molecule has 7 rings (SSSR count). The topological polar surface area (TPSA) is 45.4 Å². The van der Waals surface area contributed by atoms with Gasteiger partial charge in [0.25, 0.3) is 0 Å². The molecular weight excluding hydrogens is 368 g/mol. The third-order valence-electron chi connectivity index (χ3n) is 6.30. The highest BCUT2D eigenvalue weighted by Crippen LogP contribution is 2.48. The molecule has 3 fully saturated rings. The van der Waals surface area contributed by atoms with Crippen molar-refractivity contribution in [3.05, 3.63) is 60.2 Å². The molecule has 5 nitrogen and oxygen atoms in total. The van der Waals surface area contributed by atoms with E-state index in [1.54, 1.807) is 0 Å². The molecule has 3 aromatic rings. The van der Waals surface area contributed by atoms with Crippen molar-refractivity contribution in [1.29, 1.82) is 0 Å². The Morgan fingerprint density at radius 3 is 2.29 bits per heavy atom. The van der Waals surface area contributed by atoms with Gasteiger partial charge in [0, 0.05) is 22.3 Å². The van der Waals surface area contributed by atoms with Gasteiger partial charge in [-0.15, -0.1) is 0 Å². The van der Waals surface area contributed by atoms with E-state index in [2.05, 4.69) is 63.5 Å². The summed E-state index contributed by atoms with van der Waals surface area (Å²) in [4.78, 5) is 12.2. The summed E-state index contributed by atoms with van der Waals surface area (Å²) in [5.41, 5.74) is 2.41. The van der Waals surface area contributed by atoms with E-state index in [4.69, 9.17) is 9.51 Å². The fourth-order valence-corrected chi connectivity index (χ4v) is 5.92. The predicted molar refractivity (Wildman–Crippen MR) is 109 cm³/mol. The second-order valence-corrected chi connectivity index (χ2v) is 9.00. The molecule has 2 bridgehead atoms. The van der Waals surface area contributed by atoms with Gasteiger partial charge < -0.3 is 14.3 Å². The summed E-state index contributed by atoms with van der Waals surface area (Å²) in [5, 5.41) is 4.39. The number of anilines is 2. The molecule has 0 N–H and O–H groups in total. The van der Waals surface area contributed by atoms with E-state index in [0.29, 0.717) is 24.3 Å². The van der Waals surface area contributed by atoms with Crippen LogP contribution in [0.3, 0.4) is 0 Å². The average Bonchev–Trinajstić information content (AvgIpc) is 3.23. The van der Waals surface area contributed by atoms with E-state index >= 15 is 0 Å². The van der Waals surface area contributed by atoms with Gasteiger partial charge in [-0.1, -0.05) is 41.2 Å². The lowest BCUT2D eigenvalue weighted by molar-refractivity contribution is 0.0825. The van der Waals surface area contributed by atoms with E-state index in [-0.39, 0.29) is 0 Å². The molecule has 1 unspecified atom stereocenters. The summed E-state index contributed by atoms with van der Waals surface area (Å²) in [6.07, 6.45) is 2.53. The summed E-state index contributed by atoms with van der Waals surface area (Å²) in [5.74, 6) is 2.74. The lowest BCUT2D eigenvalue weighted by Gasteiger charge is -2.43. The number of benzene rings is 2. The average molecular weight is 391 g/mol. The molecule has 0 radical (unpaired) electrons. The molecule has 1 atom stereocenters. The Kier molecular flexibility index (Phi) is 3.94. The second-order valence-electron chi connectivity index (χ2n) is 7.91. The molecule has 28 heavy (non-hydrogen) atoms. The number of hydrogen-bond acceptors (Lipinski definition) is 6. The number of hydrogen-bond donors (Lipinski definition) is 0. The molecule has 6 heteroatoms. The Balaban J connectivity index is 1.31. The number of rotatable bonds is 3. The van der Waals surface area contributed by atoms with Crippen molar-refractivity contribution < 1.29 is 4.52 Å². The van der Waals surface area contributed by atoms with Crippen molar-refractivity contribution >= 4 is 23.1 Å². The zero-order chi connectivity index (χ0) is 18.5. The minimum absolute atomic E-state index is 0.427. The predicted octanol–water partition coefficient (Wildman–Crippen LogP) is 4.68. The van der Waals surface area contributed by atoms with Gasteiger partial charge in [0.05, 0.1) is 11.4 Å². The molecule has 0 spiro atoms. The highest BCUT2D eigenvalue weighted by Gasteiger charge is 2.37. The summed E-state index contributed by atoms with van der Waals surface area (Å²) >= 11 is 1.82. The van der Waals surface area contributed by atoms with Gasteiger partial charge in [-0.3, -0.25) is 0 Å². The first-order chi connectivity index (χ1) is 13.8. The lowest BCUT2D eigenvalue weighted by Crippen LogP contribution is -2.46. The van der Waals surface area contributed by atoms with E-state index in [0.717, 1.165) is 12.4 Å². The van der Waals surface area contributed by atoms with Gasteiger partial charge in [0.1, 0.15) is 6.54 Å². The summed E-state index contributed by atoms with van der Waals surface area (Å²) in [6, 6.07) is 17.1. The Labute approximate surface area is 168 Å². The molecule has 0 saturated carbocycles. The van der Waals surface area contributed by atoms with Crippen LogP contribution in [-0.4, -0.2) is 34.7 Å². The van der Waals surface area contributed by atoms with Crippen LogP contribution >= 0.6 is 11.8 Å². The molecule has 0 amide bonds. The first kappa shape index (κ1) is 16.6. The quantitative estimate of drug-likeness (QED) is 0.647. The maximum absolute atomic E-state index is 5.73. The van der Waals surface area contributed by atoms with Crippen molar-refractivity contribution in [2.75, 3.05) is 24.5 Å². The second kappa shape index (κ2) is 6.64. The zero-order valence-electron chi connectivity index (χ0n) is 15.6. The first-order valence-corrected chi connectivity index (χ1v) is 10.8. The van der Waals surface area contributed by atoms with Crippen molar-refractivity contribution in [3.8, 4) is 0 Å². The van der Waals surface area contributed by atoms with Gasteiger partial charge in [-0.2, -0.15) is 4.98 Å². The number of nitrogens with zero attached hydrogens (tertiary/aromatic N) is 4. The van der Waals surface area contributed by atoms with Crippen LogP contribution in [0.1, 0.15) is 30.5 Å². The SMILES string of the molecule is c1ccc2c(c1)Sc1ccccc1N2Cc1nc(C2CN3CCC2CC3)no1. The van der Waals surface area contributed by atoms with E-state index in [9.17, 15) is 0 Å². The van der Waals surface area contributed by atoms with Crippen molar-refractivity contribution in [2.24, 2.45) is 5.92 Å². The molecule has 4 aliphatic rings. The van der Waals surface area contributed by atoms with Crippen molar-refractivity contribution in [2.45, 2.75) is 35.1 Å². The van der Waals surface area contributed by atoms with Crippen LogP contribution in [0.25, 0.3) is 0 Å². The maximum atomic E-state index is 5.73. The normalized spacial score (nSPS) is 25.4. The van der Waals surface area contributed by atoms with Crippen LogP contribution in [0.4, 0.5) is 11.4 Å². The van der Waals surface area contributed by atoms with E-state index in [1.807, 2.05) is 11.8 Å². The minimum Gasteiger partial charge on any atom is -0.337 e. The van der Waals surface area contributed by atoms with Crippen molar-refractivity contribution in [1.82, 2.24) is 15.0 Å². The van der Waals surface area contributed by atoms with Gasteiger partial charge in [0.15, 0.2) is 5.82 Å². The number of aromatic nitrogens is 2. The number of para-hydroxylation sites is 2. The van der Waals surface area contributed by atoms with Crippen LogP contribution < -0.4 is 4.90 Å². The van der Waals surface area contributed by atoms with Gasteiger partial charge in [-0.25, -0.2) is 0 Å². The lowest BCUT2D eigenvalue weighted by atomic mass is 9.79. The van der Waals surface area contributed by atoms with Crippen LogP contribution in [0, 0.1) is 5.92 Å². The highest BCUT2D eigenvalue weighted by molar-refractivity contribution is 7.99. The Bertz CT molecular complexity index is 966. The molecule has 1 aromatic heterocycles. The third-order valence-corrected chi connectivity index (χ3v) is 7.43. The third kappa shape index (κ3) is 2.74. The zero-order valence-corrected chi connectivity index (χ0v) is 16.4. The minimum atomic E-state index is 0.427. The van der Waals surface area contributed by atoms with Crippen LogP contribution in [-0.2, 0) is 6.54 Å². The molecule has 142 valence electrons. The molecule has 4 aliphatic heterocycles. The van der Waals surface area contributed by atoms with E-state index < -0.39 is 0 Å². The fraction of sp³-hybridized carbons (Fsp3) is 0.364. The van der Waals surface area contributed by atoms with Crippen molar-refractivity contribution in [3.63, 3.8) is 0 Å². The standard InChI is InChI=1S/C22H22N4OS/c1-3-7-19-17(5-1)26(18-6-2-4-8-20(18)28-19)14-21-23-22(24-27-21)16-13-25-11-9-15(16)10-12-25/h1-8,15-16H,9-14H2. The molecule has 0 aliphatic carbocycles. The van der Waals surface area contributed by atoms with E-state index in [1.165, 1.54) is 47.1 Å². The summed E-state index contributed by atoms with van der Waals surface area (Å²) in [7, 11) is 0. The summed E-state index contributed by atoms with van der Waals surface area (Å²) in [6.45, 7) is 4.13. The maximum Gasteiger partial charge on any atom is 0.246 e. The van der Waals surface area contributed by atoms with Gasteiger partial charge in [0.2, 0.25) is 5.89 Å². The molecular formula is C22H22N4OS. The Morgan fingerprint density at radius 1 is 0.964 bits per heavy atom. The Hall–Kier alpha value is -2.31. The Morgan fingerprint density at radius 2 is 1.64 bits per heavy atom. The van der Waals surface area contributed by atoms with Gasteiger partial charge >= 0.3 is 0 Å². The van der Waals surface area contributed by atoms with Crippen LogP contribution in [0.15, 0.2) is 62.8 Å². The molecule has 3 saturated heterocycles. The van der Waals surface area contributed by atoms with Crippen LogP contribution in [0.5, 0.6) is 0 Å². The highest BCUT2D eigenvalue weighted by atomic mass is 32.2.